The summed E-state index contributed by atoms with van der Waals surface area (Å²) in [6.07, 6.45) is 4.69. The molecule has 1 aliphatic heterocycles. The molecule has 3 aromatic heterocycles. The minimum Gasteiger partial charge on any atom is -0.384 e. The van der Waals surface area contributed by atoms with Gasteiger partial charge in [0.15, 0.2) is 5.78 Å². The van der Waals surface area contributed by atoms with Crippen LogP contribution >= 0.6 is 15.9 Å². The molecule has 0 spiro atoms. The summed E-state index contributed by atoms with van der Waals surface area (Å²) in [4.78, 5) is 55.1. The number of Topliss-reactive ketones (excluding diaryl/α,β-unsaturated/α-hetero) is 1. The van der Waals surface area contributed by atoms with Crippen LogP contribution in [0.4, 0.5) is 5.82 Å². The Morgan fingerprint density at radius 1 is 1.09 bits per heavy atom. The van der Waals surface area contributed by atoms with Crippen LogP contribution in [0.25, 0.3) is 22.0 Å². The molecule has 0 unspecified atom stereocenters. The molecule has 2 aliphatic rings. The van der Waals surface area contributed by atoms with E-state index >= 15 is 0 Å². The topological polar surface area (TPSA) is 141 Å². The maximum atomic E-state index is 14.1. The average Bonchev–Trinajstić information content (AvgIpc) is 3.38. The number of aryl methyl sites for hydroxylation is 1. The Kier molecular flexibility index (Phi) is 8.03. The number of amides is 2. The van der Waals surface area contributed by atoms with Crippen LogP contribution in [0.3, 0.4) is 0 Å². The van der Waals surface area contributed by atoms with E-state index in [1.807, 2.05) is 19.1 Å². The Bertz CT molecular complexity index is 1780. The standard InChI is InChI=1S/C31H32BrN7O5/c1-17(40)28-22-9-19(21-12-33-18(2)34-13-21)8-20(15-43-3)29(22)38(37-28)14-27(41)39-23(10-31(16-44-4)11-24(31)39)30(42)36-26-7-5-6-25(32)35-26/h5-9,12-13,23-24H,10-11,14-16H2,1-4H3,(H,35,36,42)/t23-,24+,31-/m0/s1. The largest absolute Gasteiger partial charge is 0.384 e. The summed E-state index contributed by atoms with van der Waals surface area (Å²) < 4.78 is 13.2. The van der Waals surface area contributed by atoms with Gasteiger partial charge >= 0.3 is 0 Å². The van der Waals surface area contributed by atoms with Gasteiger partial charge in [0.2, 0.25) is 11.8 Å². The number of likely N-dealkylation sites (tertiary alicyclic amines) is 1. The smallest absolute Gasteiger partial charge is 0.248 e. The van der Waals surface area contributed by atoms with Crippen LogP contribution in [0, 0.1) is 12.3 Å². The Morgan fingerprint density at radius 2 is 1.86 bits per heavy atom. The second-order valence-electron chi connectivity index (χ2n) is 11.4. The molecule has 228 valence electrons. The fraction of sp³-hybridized carbons (Fsp3) is 0.387. The van der Waals surface area contributed by atoms with E-state index in [2.05, 4.69) is 41.3 Å². The SMILES string of the molecule is COCc1cc(-c2cnc(C)nc2)cc2c(C(C)=O)nn(CC(=O)N3[C@H](C(=O)Nc4cccc(Br)n4)C[C@@]4(COC)C[C@@H]34)c12. The molecule has 44 heavy (non-hydrogen) atoms. The molecule has 4 heterocycles. The van der Waals surface area contributed by atoms with Crippen molar-refractivity contribution in [3.05, 3.63) is 64.4 Å². The number of nitrogens with zero attached hydrogens (tertiary/aromatic N) is 6. The summed E-state index contributed by atoms with van der Waals surface area (Å²) in [5.74, 6) is 0.220. The molecular formula is C31H32BrN7O5. The normalized spacial score (nSPS) is 20.5. The fourth-order valence-corrected chi connectivity index (χ4v) is 6.70. The third kappa shape index (κ3) is 5.51. The number of hydrogen-bond acceptors (Lipinski definition) is 9. The number of halogens is 1. The van der Waals surface area contributed by atoms with Crippen molar-refractivity contribution in [2.45, 2.75) is 51.9 Å². The number of carbonyl (C=O) groups excluding carboxylic acids is 3. The zero-order valence-electron chi connectivity index (χ0n) is 24.8. The van der Waals surface area contributed by atoms with Crippen LogP contribution in [-0.2, 0) is 32.2 Å². The second-order valence-corrected chi connectivity index (χ2v) is 12.2. The number of fused-ring (bicyclic) bond motifs is 2. The lowest BCUT2D eigenvalue weighted by Gasteiger charge is -2.27. The Hall–Kier alpha value is -4.07. The van der Waals surface area contributed by atoms with Crippen LogP contribution < -0.4 is 5.32 Å². The Morgan fingerprint density at radius 3 is 2.55 bits per heavy atom. The lowest BCUT2D eigenvalue weighted by Crippen LogP contribution is -2.46. The molecule has 1 saturated carbocycles. The van der Waals surface area contributed by atoms with E-state index in [1.165, 1.54) is 6.92 Å². The minimum absolute atomic E-state index is 0.137. The number of carbonyl (C=O) groups is 3. The zero-order valence-corrected chi connectivity index (χ0v) is 26.4. The van der Waals surface area contributed by atoms with E-state index in [0.29, 0.717) is 40.2 Å². The highest BCUT2D eigenvalue weighted by Gasteiger charge is 2.67. The van der Waals surface area contributed by atoms with E-state index in [9.17, 15) is 14.4 Å². The Balaban J connectivity index is 1.36. The minimum atomic E-state index is -0.710. The van der Waals surface area contributed by atoms with Gasteiger partial charge in [-0.05, 0) is 65.5 Å². The van der Waals surface area contributed by atoms with Gasteiger partial charge in [0.05, 0.1) is 18.7 Å². The number of benzene rings is 1. The number of anilines is 1. The van der Waals surface area contributed by atoms with E-state index in [4.69, 9.17) is 9.47 Å². The van der Waals surface area contributed by atoms with Gasteiger partial charge in [0, 0.05) is 61.5 Å². The number of hydrogen-bond donors (Lipinski definition) is 1. The maximum absolute atomic E-state index is 14.1. The molecule has 1 aliphatic carbocycles. The third-order valence-electron chi connectivity index (χ3n) is 8.36. The highest BCUT2D eigenvalue weighted by Crippen LogP contribution is 2.59. The van der Waals surface area contributed by atoms with Gasteiger partial charge in [-0.1, -0.05) is 6.07 Å². The molecule has 12 nitrogen and oxygen atoms in total. The van der Waals surface area contributed by atoms with Gasteiger partial charge in [-0.15, -0.1) is 0 Å². The lowest BCUT2D eigenvalue weighted by atomic mass is 10.00. The van der Waals surface area contributed by atoms with Crippen molar-refractivity contribution in [2.24, 2.45) is 5.41 Å². The number of nitrogens with one attached hydrogen (secondary N) is 1. The van der Waals surface area contributed by atoms with E-state index in [0.717, 1.165) is 23.1 Å². The van der Waals surface area contributed by atoms with Crippen molar-refractivity contribution in [3.63, 3.8) is 0 Å². The van der Waals surface area contributed by atoms with Crippen molar-refractivity contribution >= 4 is 50.2 Å². The molecule has 1 aromatic carbocycles. The van der Waals surface area contributed by atoms with Crippen molar-refractivity contribution in [1.29, 1.82) is 0 Å². The van der Waals surface area contributed by atoms with E-state index in [1.54, 1.807) is 54.4 Å². The third-order valence-corrected chi connectivity index (χ3v) is 8.80. The van der Waals surface area contributed by atoms with Crippen LogP contribution in [0.1, 0.15) is 41.6 Å². The first-order valence-corrected chi connectivity index (χ1v) is 15.0. The first-order chi connectivity index (χ1) is 21.1. The van der Waals surface area contributed by atoms with Crippen molar-refractivity contribution in [1.82, 2.24) is 29.6 Å². The quantitative estimate of drug-likeness (QED) is 0.197. The highest BCUT2D eigenvalue weighted by atomic mass is 79.9. The molecular weight excluding hydrogens is 630 g/mol. The van der Waals surface area contributed by atoms with Crippen molar-refractivity contribution in [3.8, 4) is 11.1 Å². The summed E-state index contributed by atoms with van der Waals surface area (Å²) >= 11 is 3.33. The number of methoxy groups -OCH3 is 2. The first kappa shape index (κ1) is 30.0. The van der Waals surface area contributed by atoms with Gasteiger partial charge in [0.25, 0.3) is 0 Å². The second kappa shape index (κ2) is 11.8. The van der Waals surface area contributed by atoms with Gasteiger partial charge in [-0.3, -0.25) is 19.1 Å². The fourth-order valence-electron chi connectivity index (χ4n) is 6.36. The van der Waals surface area contributed by atoms with Gasteiger partial charge in [0.1, 0.15) is 34.5 Å². The molecule has 1 saturated heterocycles. The predicted molar refractivity (Wildman–Crippen MR) is 165 cm³/mol. The molecule has 4 aromatic rings. The van der Waals surface area contributed by atoms with Crippen LogP contribution in [-0.4, -0.2) is 80.1 Å². The summed E-state index contributed by atoms with van der Waals surface area (Å²) in [7, 11) is 3.21. The number of piperidine rings is 1. The number of rotatable bonds is 10. The van der Waals surface area contributed by atoms with E-state index < -0.39 is 6.04 Å². The molecule has 0 radical (unpaired) electrons. The van der Waals surface area contributed by atoms with Crippen molar-refractivity contribution in [2.75, 3.05) is 26.1 Å². The monoisotopic (exact) mass is 661 g/mol. The van der Waals surface area contributed by atoms with Gasteiger partial charge < -0.3 is 19.7 Å². The zero-order chi connectivity index (χ0) is 31.2. The molecule has 0 bridgehead atoms. The highest BCUT2D eigenvalue weighted by molar-refractivity contribution is 9.10. The molecule has 2 amide bonds. The first-order valence-electron chi connectivity index (χ1n) is 14.2. The van der Waals surface area contributed by atoms with Crippen LogP contribution in [0.5, 0.6) is 0 Å². The average molecular weight is 663 g/mol. The van der Waals surface area contributed by atoms with Gasteiger partial charge in [-0.25, -0.2) is 15.0 Å². The summed E-state index contributed by atoms with van der Waals surface area (Å²) in [6.45, 7) is 3.77. The van der Waals surface area contributed by atoms with Crippen LogP contribution in [0.2, 0.25) is 0 Å². The predicted octanol–water partition coefficient (Wildman–Crippen LogP) is 3.95. The summed E-state index contributed by atoms with van der Waals surface area (Å²) in [5, 5.41) is 8.09. The number of ketones is 1. The lowest BCUT2D eigenvalue weighted by molar-refractivity contribution is -0.138. The Labute approximate surface area is 262 Å². The molecule has 1 N–H and O–H groups in total. The summed E-state index contributed by atoms with van der Waals surface area (Å²) in [6, 6.07) is 8.20. The molecule has 6 rings (SSSR count). The molecule has 2 fully saturated rings. The molecule has 13 heteroatoms. The number of ether oxygens (including phenoxy) is 2. The number of pyridine rings is 1. The van der Waals surface area contributed by atoms with Crippen molar-refractivity contribution < 1.29 is 23.9 Å². The van der Waals surface area contributed by atoms with Crippen LogP contribution in [0.15, 0.2) is 47.3 Å². The van der Waals surface area contributed by atoms with Gasteiger partial charge in [-0.2, -0.15) is 5.10 Å². The number of aromatic nitrogens is 5. The maximum Gasteiger partial charge on any atom is 0.248 e. The summed E-state index contributed by atoms with van der Waals surface area (Å²) in [5.41, 5.74) is 2.93. The molecule has 3 atom stereocenters. The van der Waals surface area contributed by atoms with E-state index in [-0.39, 0.29) is 47.9 Å².